The van der Waals surface area contributed by atoms with Crippen molar-refractivity contribution in [3.8, 4) is 11.5 Å². The maximum Gasteiger partial charge on any atom is 0.338 e. The molecule has 1 aromatic rings. The number of aliphatic hydroxyl groups excluding tert-OH is 1. The topological polar surface area (TPSA) is 96.2 Å². The summed E-state index contributed by atoms with van der Waals surface area (Å²) in [6.07, 6.45) is 2.20. The third kappa shape index (κ3) is 3.64. The zero-order valence-corrected chi connectivity index (χ0v) is 17.8. The van der Waals surface area contributed by atoms with E-state index in [-0.39, 0.29) is 23.0 Å². The summed E-state index contributed by atoms with van der Waals surface area (Å²) in [5.41, 5.74) is -0.431. The molecular formula is C23H32O6. The Hall–Kier alpha value is -2.05. The van der Waals surface area contributed by atoms with Crippen molar-refractivity contribution in [2.75, 3.05) is 7.11 Å². The van der Waals surface area contributed by atoms with Gasteiger partial charge in [-0.05, 0) is 43.9 Å². The molecule has 5 atom stereocenters. The summed E-state index contributed by atoms with van der Waals surface area (Å²) in [6.45, 7) is 7.81. The lowest BCUT2D eigenvalue weighted by Crippen LogP contribution is -2.52. The lowest BCUT2D eigenvalue weighted by Gasteiger charge is -2.44. The number of aliphatic hydroxyl groups is 2. The molecule has 6 nitrogen and oxygen atoms in total. The predicted molar refractivity (Wildman–Crippen MR) is 109 cm³/mol. The van der Waals surface area contributed by atoms with Crippen molar-refractivity contribution in [1.82, 2.24) is 0 Å². The van der Waals surface area contributed by atoms with Gasteiger partial charge in [0.1, 0.15) is 6.10 Å². The van der Waals surface area contributed by atoms with Gasteiger partial charge in [-0.25, -0.2) is 4.79 Å². The number of benzene rings is 1. The minimum absolute atomic E-state index is 0.0464. The monoisotopic (exact) mass is 404 g/mol. The van der Waals surface area contributed by atoms with Gasteiger partial charge in [-0.15, -0.1) is 0 Å². The van der Waals surface area contributed by atoms with Gasteiger partial charge in [-0.1, -0.05) is 32.4 Å². The molecule has 0 saturated heterocycles. The van der Waals surface area contributed by atoms with Crippen LogP contribution in [0.2, 0.25) is 0 Å². The van der Waals surface area contributed by atoms with Crippen LogP contribution in [0.4, 0.5) is 0 Å². The molecule has 0 spiro atoms. The summed E-state index contributed by atoms with van der Waals surface area (Å²) < 4.78 is 11.0. The highest BCUT2D eigenvalue weighted by atomic mass is 16.5. The van der Waals surface area contributed by atoms with E-state index in [1.165, 1.54) is 25.3 Å². The van der Waals surface area contributed by atoms with Crippen LogP contribution in [0.3, 0.4) is 0 Å². The van der Waals surface area contributed by atoms with Gasteiger partial charge in [-0.3, -0.25) is 0 Å². The van der Waals surface area contributed by atoms with Gasteiger partial charge in [-0.2, -0.15) is 0 Å². The summed E-state index contributed by atoms with van der Waals surface area (Å²) in [5.74, 6) is -0.858. The molecule has 0 aliphatic heterocycles. The Morgan fingerprint density at radius 3 is 2.59 bits per heavy atom. The molecule has 5 unspecified atom stereocenters. The predicted octanol–water partition coefficient (Wildman–Crippen LogP) is 3.44. The maximum absolute atomic E-state index is 12.9. The van der Waals surface area contributed by atoms with Crippen LogP contribution < -0.4 is 4.74 Å². The third-order valence-electron chi connectivity index (χ3n) is 7.00. The van der Waals surface area contributed by atoms with Crippen molar-refractivity contribution in [1.29, 1.82) is 0 Å². The normalized spacial score (nSPS) is 34.3. The zero-order chi connectivity index (χ0) is 21.6. The van der Waals surface area contributed by atoms with Crippen LogP contribution in [-0.4, -0.2) is 46.2 Å². The summed E-state index contributed by atoms with van der Waals surface area (Å²) in [4.78, 5) is 12.9. The Kier molecular flexibility index (Phi) is 5.71. The summed E-state index contributed by atoms with van der Waals surface area (Å²) in [6, 6.07) is 4.31. The number of phenolic OH excluding ortho intramolecular Hbond substituents is 1. The molecule has 0 radical (unpaired) electrons. The van der Waals surface area contributed by atoms with E-state index in [1.54, 1.807) is 0 Å². The van der Waals surface area contributed by atoms with Crippen molar-refractivity contribution in [3.63, 3.8) is 0 Å². The number of rotatable bonds is 4. The first-order chi connectivity index (χ1) is 13.5. The second kappa shape index (κ2) is 7.65. The molecule has 0 heterocycles. The molecule has 1 saturated carbocycles. The number of phenols is 1. The molecule has 160 valence electrons. The van der Waals surface area contributed by atoms with E-state index in [0.29, 0.717) is 19.3 Å². The number of esters is 1. The highest BCUT2D eigenvalue weighted by Gasteiger charge is 2.61. The summed E-state index contributed by atoms with van der Waals surface area (Å²) in [5, 5.41) is 32.2. The number of hydrogen-bond acceptors (Lipinski definition) is 6. The van der Waals surface area contributed by atoms with Gasteiger partial charge in [0.2, 0.25) is 0 Å². The molecular weight excluding hydrogens is 372 g/mol. The molecule has 2 aliphatic carbocycles. The van der Waals surface area contributed by atoms with Crippen LogP contribution in [0.5, 0.6) is 11.5 Å². The van der Waals surface area contributed by atoms with Crippen LogP contribution in [0, 0.1) is 17.3 Å². The molecule has 1 aromatic carbocycles. The quantitative estimate of drug-likeness (QED) is 0.525. The minimum atomic E-state index is -1.04. The van der Waals surface area contributed by atoms with E-state index in [1.807, 2.05) is 33.8 Å². The SMILES string of the molecule is COc1cc(C(=O)OC2CC(C)=CC(O)C3(C)CCC(O)(C(C)C)C23)ccc1O. The number of methoxy groups -OCH3 is 1. The molecule has 2 aliphatic rings. The lowest BCUT2D eigenvalue weighted by atomic mass is 9.66. The maximum atomic E-state index is 12.9. The van der Waals surface area contributed by atoms with Crippen molar-refractivity contribution in [2.45, 2.75) is 64.8 Å². The van der Waals surface area contributed by atoms with Gasteiger partial charge < -0.3 is 24.8 Å². The number of carbonyl (C=O) groups excluding carboxylic acids is 1. The van der Waals surface area contributed by atoms with Gasteiger partial charge in [0.25, 0.3) is 0 Å². The van der Waals surface area contributed by atoms with Crippen LogP contribution in [0.25, 0.3) is 0 Å². The standard InChI is InChI=1S/C23H32O6/c1-13(2)23(27)9-8-22(4)19(25)11-14(3)10-18(20(22)23)29-21(26)15-6-7-16(24)17(12-15)28-5/h6-7,11-13,18-20,24-25,27H,8-10H2,1-5H3. The number of fused-ring (bicyclic) bond motifs is 1. The van der Waals surface area contributed by atoms with Crippen LogP contribution in [0.15, 0.2) is 29.8 Å². The first-order valence-corrected chi connectivity index (χ1v) is 10.2. The lowest BCUT2D eigenvalue weighted by molar-refractivity contribution is -0.127. The molecule has 3 N–H and O–H groups in total. The highest BCUT2D eigenvalue weighted by Crippen LogP contribution is 2.58. The Balaban J connectivity index is 1.97. The first kappa shape index (κ1) is 21.7. The van der Waals surface area contributed by atoms with E-state index < -0.39 is 35.1 Å². The van der Waals surface area contributed by atoms with Crippen LogP contribution in [0.1, 0.15) is 57.3 Å². The molecule has 0 bridgehead atoms. The Morgan fingerprint density at radius 2 is 1.97 bits per heavy atom. The minimum Gasteiger partial charge on any atom is -0.504 e. The fraction of sp³-hybridized carbons (Fsp3) is 0.609. The molecule has 29 heavy (non-hydrogen) atoms. The van der Waals surface area contributed by atoms with Crippen molar-refractivity contribution >= 4 is 5.97 Å². The third-order valence-corrected chi connectivity index (χ3v) is 7.00. The molecule has 0 aromatic heterocycles. The van der Waals surface area contributed by atoms with E-state index >= 15 is 0 Å². The average molecular weight is 405 g/mol. The molecule has 1 fully saturated rings. The highest BCUT2D eigenvalue weighted by molar-refractivity contribution is 5.90. The van der Waals surface area contributed by atoms with E-state index in [2.05, 4.69) is 0 Å². The number of carbonyl (C=O) groups is 1. The fourth-order valence-corrected chi connectivity index (χ4v) is 5.16. The average Bonchev–Trinajstić information content (AvgIpc) is 2.90. The Morgan fingerprint density at radius 1 is 1.28 bits per heavy atom. The smallest absolute Gasteiger partial charge is 0.338 e. The largest absolute Gasteiger partial charge is 0.504 e. The Bertz CT molecular complexity index is 816. The van der Waals surface area contributed by atoms with Crippen molar-refractivity contribution < 1.29 is 29.6 Å². The van der Waals surface area contributed by atoms with Gasteiger partial charge in [0.05, 0.1) is 24.4 Å². The zero-order valence-electron chi connectivity index (χ0n) is 17.8. The van der Waals surface area contributed by atoms with E-state index in [4.69, 9.17) is 9.47 Å². The number of hydrogen-bond donors (Lipinski definition) is 3. The van der Waals surface area contributed by atoms with Crippen LogP contribution >= 0.6 is 0 Å². The summed E-state index contributed by atoms with van der Waals surface area (Å²) in [7, 11) is 1.41. The molecule has 0 amide bonds. The van der Waals surface area contributed by atoms with Crippen molar-refractivity contribution in [2.24, 2.45) is 17.3 Å². The van der Waals surface area contributed by atoms with E-state index in [0.717, 1.165) is 5.57 Å². The van der Waals surface area contributed by atoms with Crippen molar-refractivity contribution in [3.05, 3.63) is 35.4 Å². The fourth-order valence-electron chi connectivity index (χ4n) is 5.16. The second-order valence-corrected chi connectivity index (χ2v) is 9.12. The Labute approximate surface area is 172 Å². The number of aromatic hydroxyl groups is 1. The summed E-state index contributed by atoms with van der Waals surface area (Å²) >= 11 is 0. The van der Waals surface area contributed by atoms with Gasteiger partial charge >= 0.3 is 5.97 Å². The number of ether oxygens (including phenoxy) is 2. The first-order valence-electron chi connectivity index (χ1n) is 10.2. The van der Waals surface area contributed by atoms with Crippen LogP contribution in [-0.2, 0) is 4.74 Å². The molecule has 6 heteroatoms. The molecule has 3 rings (SSSR count). The van der Waals surface area contributed by atoms with Gasteiger partial charge in [0.15, 0.2) is 11.5 Å². The van der Waals surface area contributed by atoms with E-state index in [9.17, 15) is 20.1 Å². The second-order valence-electron chi connectivity index (χ2n) is 9.12. The van der Waals surface area contributed by atoms with Gasteiger partial charge in [0, 0.05) is 17.8 Å².